The predicted octanol–water partition coefficient (Wildman–Crippen LogP) is 3.13. The lowest BCUT2D eigenvalue weighted by molar-refractivity contribution is 0.645. The molecule has 0 aliphatic carbocycles. The van der Waals surface area contributed by atoms with Crippen LogP contribution in [-0.4, -0.2) is 34.3 Å². The van der Waals surface area contributed by atoms with Gasteiger partial charge in [-0.3, -0.25) is 9.56 Å². The molecule has 0 bridgehead atoms. The number of rotatable bonds is 8. The van der Waals surface area contributed by atoms with Crippen molar-refractivity contribution in [3.05, 3.63) is 42.5 Å². The molecule has 1 heterocycles. The lowest BCUT2D eigenvalue weighted by Gasteiger charge is -2.12. The van der Waals surface area contributed by atoms with Crippen LogP contribution in [0.1, 0.15) is 38.4 Å². The van der Waals surface area contributed by atoms with Crippen molar-refractivity contribution in [2.75, 3.05) is 13.6 Å². The van der Waals surface area contributed by atoms with E-state index >= 15 is 0 Å². The van der Waals surface area contributed by atoms with E-state index in [4.69, 9.17) is 0 Å². The minimum absolute atomic E-state index is 0. The molecule has 0 unspecified atom stereocenters. The topological polar surface area (TPSA) is 67.1 Å². The number of aromatic nitrogens is 3. The Labute approximate surface area is 161 Å². The molecule has 2 aromatic rings. The van der Waals surface area contributed by atoms with Gasteiger partial charge in [-0.1, -0.05) is 44.4 Å². The number of hydrogen-bond acceptors (Lipinski definition) is 3. The second-order valence-electron chi connectivity index (χ2n) is 5.37. The maximum atomic E-state index is 4.24. The van der Waals surface area contributed by atoms with Crippen LogP contribution in [0.2, 0.25) is 0 Å². The van der Waals surface area contributed by atoms with Gasteiger partial charge in [-0.2, -0.15) is 0 Å². The molecule has 2 N–H and O–H groups in total. The molecule has 0 amide bonds. The fourth-order valence-corrected chi connectivity index (χ4v) is 2.33. The second-order valence-corrected chi connectivity index (χ2v) is 5.37. The van der Waals surface area contributed by atoms with Gasteiger partial charge in [0.25, 0.3) is 0 Å². The van der Waals surface area contributed by atoms with Gasteiger partial charge < -0.3 is 10.6 Å². The Kier molecular flexibility index (Phi) is 10.1. The largest absolute Gasteiger partial charge is 0.356 e. The standard InChI is InChI=1S/C17H26N6.HI/c1-3-4-5-9-12-19-17(18-2)20-13-16-22-21-14-23(16)15-10-7-6-8-11-15;/h6-8,10-11,14H,3-5,9,12-13H2,1-2H3,(H2,18,19,20);1H. The summed E-state index contributed by atoms with van der Waals surface area (Å²) < 4.78 is 1.97. The molecule has 0 spiro atoms. The summed E-state index contributed by atoms with van der Waals surface area (Å²) in [7, 11) is 1.78. The highest BCUT2D eigenvalue weighted by Crippen LogP contribution is 2.08. The van der Waals surface area contributed by atoms with E-state index in [0.717, 1.165) is 30.4 Å². The number of nitrogens with zero attached hydrogens (tertiary/aromatic N) is 4. The summed E-state index contributed by atoms with van der Waals surface area (Å²) >= 11 is 0. The molecular weight excluding hydrogens is 415 g/mol. The molecule has 0 atom stereocenters. The van der Waals surface area contributed by atoms with Gasteiger partial charge in [-0.05, 0) is 18.6 Å². The molecule has 132 valence electrons. The van der Waals surface area contributed by atoms with Gasteiger partial charge in [0.15, 0.2) is 11.8 Å². The van der Waals surface area contributed by atoms with E-state index in [1.54, 1.807) is 13.4 Å². The van der Waals surface area contributed by atoms with Crippen LogP contribution in [0.25, 0.3) is 5.69 Å². The van der Waals surface area contributed by atoms with Gasteiger partial charge in [0.05, 0.1) is 6.54 Å². The van der Waals surface area contributed by atoms with Gasteiger partial charge in [0.2, 0.25) is 0 Å². The van der Waals surface area contributed by atoms with Crippen molar-refractivity contribution in [3.63, 3.8) is 0 Å². The minimum Gasteiger partial charge on any atom is -0.356 e. The van der Waals surface area contributed by atoms with Crippen molar-refractivity contribution in [2.45, 2.75) is 39.2 Å². The van der Waals surface area contributed by atoms with E-state index in [1.165, 1.54) is 19.3 Å². The van der Waals surface area contributed by atoms with Crippen molar-refractivity contribution in [1.82, 2.24) is 25.4 Å². The molecule has 1 aromatic carbocycles. The smallest absolute Gasteiger partial charge is 0.191 e. The monoisotopic (exact) mass is 442 g/mol. The van der Waals surface area contributed by atoms with Gasteiger partial charge in [0, 0.05) is 19.3 Å². The second kappa shape index (κ2) is 11.8. The van der Waals surface area contributed by atoms with Crippen molar-refractivity contribution >= 4 is 29.9 Å². The van der Waals surface area contributed by atoms with E-state index < -0.39 is 0 Å². The zero-order valence-corrected chi connectivity index (χ0v) is 16.7. The SMILES string of the molecule is CCCCCCNC(=NC)NCc1nncn1-c1ccccc1.I. The summed E-state index contributed by atoms with van der Waals surface area (Å²) in [6, 6.07) is 10.1. The number of nitrogens with one attached hydrogen (secondary N) is 2. The minimum atomic E-state index is 0. The van der Waals surface area contributed by atoms with Crippen LogP contribution in [0, 0.1) is 0 Å². The van der Waals surface area contributed by atoms with Gasteiger partial charge in [-0.15, -0.1) is 34.2 Å². The summed E-state index contributed by atoms with van der Waals surface area (Å²) in [5, 5.41) is 14.8. The molecular formula is C17H27IN6. The first kappa shape index (κ1) is 20.4. The van der Waals surface area contributed by atoms with Crippen LogP contribution >= 0.6 is 24.0 Å². The summed E-state index contributed by atoms with van der Waals surface area (Å²) in [6.45, 7) is 3.73. The van der Waals surface area contributed by atoms with Gasteiger partial charge in [-0.25, -0.2) is 0 Å². The third-order valence-corrected chi connectivity index (χ3v) is 3.61. The average Bonchev–Trinajstić information content (AvgIpc) is 3.07. The molecule has 0 saturated heterocycles. The highest BCUT2D eigenvalue weighted by Gasteiger charge is 2.06. The first-order valence-corrected chi connectivity index (χ1v) is 8.24. The third-order valence-electron chi connectivity index (χ3n) is 3.61. The summed E-state index contributed by atoms with van der Waals surface area (Å²) in [5.41, 5.74) is 1.05. The average molecular weight is 442 g/mol. The molecule has 7 heteroatoms. The number of unbranched alkanes of at least 4 members (excludes halogenated alkanes) is 3. The Balaban J connectivity index is 0.00000288. The zero-order valence-electron chi connectivity index (χ0n) is 14.4. The summed E-state index contributed by atoms with van der Waals surface area (Å²) in [5.74, 6) is 1.65. The fraction of sp³-hybridized carbons (Fsp3) is 0.471. The highest BCUT2D eigenvalue weighted by atomic mass is 127. The van der Waals surface area contributed by atoms with E-state index in [1.807, 2.05) is 34.9 Å². The number of aliphatic imine (C=N–C) groups is 1. The number of benzene rings is 1. The Bertz CT molecular complexity index is 596. The molecule has 0 aliphatic heterocycles. The molecule has 24 heavy (non-hydrogen) atoms. The first-order chi connectivity index (χ1) is 11.3. The van der Waals surface area contributed by atoms with Crippen molar-refractivity contribution in [2.24, 2.45) is 4.99 Å². The molecule has 0 radical (unpaired) electrons. The van der Waals surface area contributed by atoms with Crippen LogP contribution in [0.4, 0.5) is 0 Å². The van der Waals surface area contributed by atoms with Gasteiger partial charge >= 0.3 is 0 Å². The maximum absolute atomic E-state index is 4.24. The van der Waals surface area contributed by atoms with E-state index in [0.29, 0.717) is 6.54 Å². The quantitative estimate of drug-likeness (QED) is 0.285. The number of guanidine groups is 1. The van der Waals surface area contributed by atoms with Crippen LogP contribution in [0.5, 0.6) is 0 Å². The molecule has 1 aromatic heterocycles. The molecule has 0 aliphatic rings. The number of para-hydroxylation sites is 1. The molecule has 6 nitrogen and oxygen atoms in total. The Morgan fingerprint density at radius 3 is 2.62 bits per heavy atom. The summed E-state index contributed by atoms with van der Waals surface area (Å²) in [4.78, 5) is 4.24. The Morgan fingerprint density at radius 1 is 1.12 bits per heavy atom. The normalized spacial score (nSPS) is 11.0. The van der Waals surface area contributed by atoms with Crippen LogP contribution in [0.15, 0.2) is 41.7 Å². The maximum Gasteiger partial charge on any atom is 0.191 e. The van der Waals surface area contributed by atoms with Crippen molar-refractivity contribution in [3.8, 4) is 5.69 Å². The number of halogens is 1. The summed E-state index contributed by atoms with van der Waals surface area (Å²) in [6.07, 6.45) is 6.68. The Hall–Kier alpha value is -1.64. The van der Waals surface area contributed by atoms with Crippen molar-refractivity contribution in [1.29, 1.82) is 0 Å². The van der Waals surface area contributed by atoms with E-state index in [-0.39, 0.29) is 24.0 Å². The van der Waals surface area contributed by atoms with Gasteiger partial charge in [0.1, 0.15) is 6.33 Å². The third kappa shape index (κ3) is 6.46. The lowest BCUT2D eigenvalue weighted by Crippen LogP contribution is -2.37. The van der Waals surface area contributed by atoms with Crippen LogP contribution in [0.3, 0.4) is 0 Å². The predicted molar refractivity (Wildman–Crippen MR) is 109 cm³/mol. The van der Waals surface area contributed by atoms with Crippen LogP contribution < -0.4 is 10.6 Å². The first-order valence-electron chi connectivity index (χ1n) is 8.24. The van der Waals surface area contributed by atoms with Crippen molar-refractivity contribution < 1.29 is 0 Å². The number of hydrogen-bond donors (Lipinski definition) is 2. The van der Waals surface area contributed by atoms with Crippen LogP contribution in [-0.2, 0) is 6.54 Å². The zero-order chi connectivity index (χ0) is 16.3. The molecule has 2 rings (SSSR count). The lowest BCUT2D eigenvalue weighted by atomic mass is 10.2. The van der Waals surface area contributed by atoms with E-state index in [9.17, 15) is 0 Å². The molecule has 0 fully saturated rings. The highest BCUT2D eigenvalue weighted by molar-refractivity contribution is 14.0. The molecule has 0 saturated carbocycles. The fourth-order valence-electron chi connectivity index (χ4n) is 2.33. The van der Waals surface area contributed by atoms with E-state index in [2.05, 4.69) is 32.7 Å². The Morgan fingerprint density at radius 2 is 1.92 bits per heavy atom.